The lowest BCUT2D eigenvalue weighted by atomic mass is 9.93. The standard InChI is InChI=1S/C20H24N4O2/c25-12-13-26-18-3-1-2-16(14-18)15-23-10-6-17(7-11-23)19-4-8-21-20-5-9-22-24(19)20/h1-5,8-9,14,17,25H,6-7,10-13,15H2. The van der Waals surface area contributed by atoms with E-state index in [9.17, 15) is 0 Å². The summed E-state index contributed by atoms with van der Waals surface area (Å²) in [5.41, 5.74) is 3.43. The molecule has 0 amide bonds. The van der Waals surface area contributed by atoms with Crippen molar-refractivity contribution in [3.63, 3.8) is 0 Å². The second-order valence-corrected chi connectivity index (χ2v) is 6.74. The number of aromatic nitrogens is 3. The van der Waals surface area contributed by atoms with Crippen LogP contribution in [0.3, 0.4) is 0 Å². The molecule has 6 nitrogen and oxygen atoms in total. The van der Waals surface area contributed by atoms with Gasteiger partial charge in [-0.25, -0.2) is 9.50 Å². The van der Waals surface area contributed by atoms with Gasteiger partial charge in [0.2, 0.25) is 0 Å². The van der Waals surface area contributed by atoms with Crippen LogP contribution < -0.4 is 4.74 Å². The van der Waals surface area contributed by atoms with Gasteiger partial charge >= 0.3 is 0 Å². The van der Waals surface area contributed by atoms with Crippen LogP contribution in [0.15, 0.2) is 48.8 Å². The van der Waals surface area contributed by atoms with E-state index in [0.29, 0.717) is 12.5 Å². The van der Waals surface area contributed by atoms with Crippen LogP contribution in [0.5, 0.6) is 5.75 Å². The molecule has 0 saturated carbocycles. The first-order valence-electron chi connectivity index (χ1n) is 9.17. The first kappa shape index (κ1) is 17.0. The topological polar surface area (TPSA) is 62.9 Å². The van der Waals surface area contributed by atoms with Crippen molar-refractivity contribution < 1.29 is 9.84 Å². The van der Waals surface area contributed by atoms with Gasteiger partial charge < -0.3 is 9.84 Å². The summed E-state index contributed by atoms with van der Waals surface area (Å²) >= 11 is 0. The second kappa shape index (κ2) is 7.85. The molecule has 0 radical (unpaired) electrons. The summed E-state index contributed by atoms with van der Waals surface area (Å²) in [7, 11) is 0. The van der Waals surface area contributed by atoms with Crippen molar-refractivity contribution in [2.75, 3.05) is 26.3 Å². The first-order valence-corrected chi connectivity index (χ1v) is 9.17. The predicted octanol–water partition coefficient (Wildman–Crippen LogP) is 2.48. The highest BCUT2D eigenvalue weighted by Crippen LogP contribution is 2.28. The quantitative estimate of drug-likeness (QED) is 0.738. The van der Waals surface area contributed by atoms with Crippen molar-refractivity contribution in [1.82, 2.24) is 19.5 Å². The highest BCUT2D eigenvalue weighted by atomic mass is 16.5. The summed E-state index contributed by atoms with van der Waals surface area (Å²) in [6.07, 6.45) is 5.95. The Balaban J connectivity index is 1.37. The number of benzene rings is 1. The molecule has 1 N–H and O–H groups in total. The van der Waals surface area contributed by atoms with Crippen molar-refractivity contribution in [3.8, 4) is 5.75 Å². The average molecular weight is 352 g/mol. The molecule has 1 fully saturated rings. The molecular weight excluding hydrogens is 328 g/mol. The third-order valence-corrected chi connectivity index (χ3v) is 4.99. The summed E-state index contributed by atoms with van der Waals surface area (Å²) in [4.78, 5) is 6.85. The molecule has 6 heteroatoms. The number of hydrogen-bond acceptors (Lipinski definition) is 5. The van der Waals surface area contributed by atoms with Crippen molar-refractivity contribution in [2.45, 2.75) is 25.3 Å². The lowest BCUT2D eigenvalue weighted by molar-refractivity contribution is 0.197. The van der Waals surface area contributed by atoms with Gasteiger partial charge in [0.15, 0.2) is 5.65 Å². The Morgan fingerprint density at radius 1 is 1.12 bits per heavy atom. The molecule has 0 unspecified atom stereocenters. The molecule has 0 bridgehead atoms. The Hall–Kier alpha value is -2.44. The van der Waals surface area contributed by atoms with E-state index < -0.39 is 0 Å². The second-order valence-electron chi connectivity index (χ2n) is 6.74. The van der Waals surface area contributed by atoms with Crippen LogP contribution in [0.2, 0.25) is 0 Å². The summed E-state index contributed by atoms with van der Waals surface area (Å²) in [5.74, 6) is 1.35. The SMILES string of the molecule is OCCOc1cccc(CN2CCC(c3ccnc4ccnn34)CC2)c1. The molecule has 3 heterocycles. The number of ether oxygens (including phenoxy) is 1. The number of nitrogens with zero attached hydrogens (tertiary/aromatic N) is 4. The summed E-state index contributed by atoms with van der Waals surface area (Å²) in [6.45, 7) is 3.43. The number of piperidine rings is 1. The highest BCUT2D eigenvalue weighted by Gasteiger charge is 2.23. The van der Waals surface area contributed by atoms with E-state index in [1.807, 2.05) is 35.1 Å². The van der Waals surface area contributed by atoms with Gasteiger partial charge in [-0.05, 0) is 49.7 Å². The number of likely N-dealkylation sites (tertiary alicyclic amines) is 1. The highest BCUT2D eigenvalue weighted by molar-refractivity contribution is 5.37. The summed E-state index contributed by atoms with van der Waals surface area (Å²) in [5, 5.41) is 13.3. The van der Waals surface area contributed by atoms with E-state index in [4.69, 9.17) is 9.84 Å². The Morgan fingerprint density at radius 3 is 2.85 bits per heavy atom. The minimum absolute atomic E-state index is 0.0380. The molecule has 3 aromatic rings. The number of fused-ring (bicyclic) bond motifs is 1. The maximum Gasteiger partial charge on any atom is 0.155 e. The molecule has 136 valence electrons. The van der Waals surface area contributed by atoms with Crippen LogP contribution in [0.25, 0.3) is 5.65 Å². The van der Waals surface area contributed by atoms with E-state index in [-0.39, 0.29) is 6.61 Å². The van der Waals surface area contributed by atoms with Gasteiger partial charge in [0.1, 0.15) is 12.4 Å². The van der Waals surface area contributed by atoms with Gasteiger partial charge in [-0.3, -0.25) is 4.90 Å². The fourth-order valence-corrected chi connectivity index (χ4v) is 3.70. The zero-order chi connectivity index (χ0) is 17.8. The van der Waals surface area contributed by atoms with Gasteiger partial charge in [0.25, 0.3) is 0 Å². The molecule has 0 aliphatic carbocycles. The minimum Gasteiger partial charge on any atom is -0.491 e. The minimum atomic E-state index is 0.0380. The van der Waals surface area contributed by atoms with Crippen LogP contribution in [0.4, 0.5) is 0 Å². The van der Waals surface area contributed by atoms with Crippen molar-refractivity contribution >= 4 is 5.65 Å². The Kier molecular flexibility index (Phi) is 5.13. The van der Waals surface area contributed by atoms with Gasteiger partial charge in [-0.15, -0.1) is 0 Å². The normalized spacial score (nSPS) is 16.2. The third-order valence-electron chi connectivity index (χ3n) is 4.99. The number of hydrogen-bond donors (Lipinski definition) is 1. The Bertz CT molecular complexity index is 856. The average Bonchev–Trinajstić information content (AvgIpc) is 3.16. The molecule has 26 heavy (non-hydrogen) atoms. The molecule has 1 aromatic carbocycles. The van der Waals surface area contributed by atoms with Crippen LogP contribution in [-0.2, 0) is 6.54 Å². The molecule has 0 atom stereocenters. The van der Waals surface area contributed by atoms with Gasteiger partial charge in [-0.1, -0.05) is 12.1 Å². The maximum absolute atomic E-state index is 8.89. The zero-order valence-corrected chi connectivity index (χ0v) is 14.8. The molecule has 4 rings (SSSR count). The maximum atomic E-state index is 8.89. The van der Waals surface area contributed by atoms with Crippen LogP contribution >= 0.6 is 0 Å². The van der Waals surface area contributed by atoms with Crippen molar-refractivity contribution in [1.29, 1.82) is 0 Å². The van der Waals surface area contributed by atoms with Gasteiger partial charge in [0.05, 0.1) is 12.8 Å². The zero-order valence-electron chi connectivity index (χ0n) is 14.8. The van der Waals surface area contributed by atoms with E-state index in [1.165, 1.54) is 11.3 Å². The largest absolute Gasteiger partial charge is 0.491 e. The fraction of sp³-hybridized carbons (Fsp3) is 0.400. The Labute approximate surface area is 153 Å². The van der Waals surface area contributed by atoms with Crippen LogP contribution in [0.1, 0.15) is 30.0 Å². The first-order chi connectivity index (χ1) is 12.8. The van der Waals surface area contributed by atoms with Crippen LogP contribution in [-0.4, -0.2) is 50.9 Å². The van der Waals surface area contributed by atoms with Crippen molar-refractivity contribution in [2.24, 2.45) is 0 Å². The third kappa shape index (κ3) is 3.71. The lowest BCUT2D eigenvalue weighted by Crippen LogP contribution is -2.33. The van der Waals surface area contributed by atoms with Gasteiger partial charge in [0, 0.05) is 30.4 Å². The molecule has 1 saturated heterocycles. The Morgan fingerprint density at radius 2 is 2.00 bits per heavy atom. The molecule has 0 spiro atoms. The summed E-state index contributed by atoms with van der Waals surface area (Å²) < 4.78 is 7.48. The number of rotatable bonds is 6. The molecule has 2 aromatic heterocycles. The molecule has 1 aliphatic rings. The van der Waals surface area contributed by atoms with E-state index in [1.54, 1.807) is 0 Å². The number of aliphatic hydroxyl groups excluding tert-OH is 1. The van der Waals surface area contributed by atoms with E-state index in [2.05, 4.69) is 33.2 Å². The smallest absolute Gasteiger partial charge is 0.155 e. The lowest BCUT2D eigenvalue weighted by Gasteiger charge is -2.32. The van der Waals surface area contributed by atoms with Crippen molar-refractivity contribution in [3.05, 3.63) is 60.0 Å². The van der Waals surface area contributed by atoms with E-state index >= 15 is 0 Å². The summed E-state index contributed by atoms with van der Waals surface area (Å²) in [6, 6.07) is 12.2. The molecule has 1 aliphatic heterocycles. The monoisotopic (exact) mass is 352 g/mol. The van der Waals surface area contributed by atoms with Gasteiger partial charge in [-0.2, -0.15) is 5.10 Å². The molecular formula is C20H24N4O2. The van der Waals surface area contributed by atoms with E-state index in [0.717, 1.165) is 43.9 Å². The van der Waals surface area contributed by atoms with Crippen LogP contribution in [0, 0.1) is 0 Å². The number of aliphatic hydroxyl groups is 1. The predicted molar refractivity (Wildman–Crippen MR) is 99.3 cm³/mol. The fourth-order valence-electron chi connectivity index (χ4n) is 3.70.